The number of fused-ring (bicyclic) bond motifs is 3. The molecule has 7 nitrogen and oxygen atoms in total. The van der Waals surface area contributed by atoms with Crippen molar-refractivity contribution in [2.24, 2.45) is 0 Å². The number of para-hydroxylation sites is 1. The van der Waals surface area contributed by atoms with Crippen molar-refractivity contribution in [1.29, 1.82) is 0 Å². The van der Waals surface area contributed by atoms with Crippen LogP contribution in [-0.2, 0) is 16.0 Å². The minimum absolute atomic E-state index is 0.156. The largest absolute Gasteiger partial charge is 0.444 e. The van der Waals surface area contributed by atoms with Gasteiger partial charge in [-0.25, -0.2) is 9.78 Å². The molecule has 1 aliphatic carbocycles. The molecule has 1 unspecified atom stereocenters. The van der Waals surface area contributed by atoms with E-state index >= 15 is 0 Å². The number of rotatable bonds is 3. The highest BCUT2D eigenvalue weighted by Gasteiger charge is 2.44. The minimum Gasteiger partial charge on any atom is -0.444 e. The number of carbonyl (C=O) groups is 2. The summed E-state index contributed by atoms with van der Waals surface area (Å²) in [6.45, 7) is 5.45. The molecule has 160 valence electrons. The molecule has 1 fully saturated rings. The molecule has 0 radical (unpaired) electrons. The summed E-state index contributed by atoms with van der Waals surface area (Å²) in [5.74, 6) is 0.662. The number of aromatic nitrogens is 2. The minimum atomic E-state index is -0.932. The van der Waals surface area contributed by atoms with Crippen LogP contribution in [0.1, 0.15) is 70.3 Å². The fourth-order valence-corrected chi connectivity index (χ4v) is 4.48. The highest BCUT2D eigenvalue weighted by atomic mass is 16.6. The molecule has 2 amide bonds. The molecule has 1 aromatic heterocycles. The van der Waals surface area contributed by atoms with Gasteiger partial charge < -0.3 is 19.9 Å². The van der Waals surface area contributed by atoms with Gasteiger partial charge in [-0.05, 0) is 58.1 Å². The first-order valence-electron chi connectivity index (χ1n) is 10.7. The molecular formula is C23H30N4O3. The van der Waals surface area contributed by atoms with Crippen LogP contribution in [0.3, 0.4) is 0 Å². The van der Waals surface area contributed by atoms with Crippen molar-refractivity contribution in [2.75, 3.05) is 0 Å². The van der Waals surface area contributed by atoms with Gasteiger partial charge in [-0.2, -0.15) is 0 Å². The zero-order valence-corrected chi connectivity index (χ0v) is 17.9. The first kappa shape index (κ1) is 20.4. The molecule has 1 aliphatic heterocycles. The molecule has 4 rings (SSSR count). The number of alkyl carbamates (subject to hydrolysis) is 1. The summed E-state index contributed by atoms with van der Waals surface area (Å²) < 4.78 is 7.48. The number of amides is 2. The lowest BCUT2D eigenvalue weighted by Gasteiger charge is -2.32. The molecule has 0 bridgehead atoms. The Bertz CT molecular complexity index is 938. The maximum atomic E-state index is 13.4. The van der Waals surface area contributed by atoms with Gasteiger partial charge in [-0.3, -0.25) is 4.79 Å². The zero-order chi connectivity index (χ0) is 21.4. The number of imidazole rings is 1. The van der Waals surface area contributed by atoms with Gasteiger partial charge in [0.15, 0.2) is 0 Å². The number of benzene rings is 1. The van der Waals surface area contributed by atoms with Crippen molar-refractivity contribution in [3.8, 4) is 5.69 Å². The molecule has 7 heteroatoms. The predicted molar refractivity (Wildman–Crippen MR) is 113 cm³/mol. The molecule has 2 aromatic rings. The van der Waals surface area contributed by atoms with Crippen LogP contribution < -0.4 is 10.6 Å². The van der Waals surface area contributed by atoms with Gasteiger partial charge in [0.2, 0.25) is 5.91 Å². The van der Waals surface area contributed by atoms with Crippen LogP contribution in [0.25, 0.3) is 5.69 Å². The molecule has 1 atom stereocenters. The van der Waals surface area contributed by atoms with Crippen LogP contribution in [0.2, 0.25) is 0 Å². The fraction of sp³-hybridized carbons (Fsp3) is 0.522. The van der Waals surface area contributed by atoms with E-state index in [4.69, 9.17) is 4.74 Å². The summed E-state index contributed by atoms with van der Waals surface area (Å²) in [5, 5.41) is 6.08. The maximum absolute atomic E-state index is 13.4. The SMILES string of the molecule is CC(C)(C)OC(=O)NC1(C(=O)NC2CCc3ccccc3-n3ccnc32)CCCC1. The monoisotopic (exact) mass is 410 g/mol. The van der Waals surface area contributed by atoms with E-state index in [0.29, 0.717) is 12.8 Å². The Kier molecular flexibility index (Phi) is 5.30. The van der Waals surface area contributed by atoms with Crippen molar-refractivity contribution in [3.63, 3.8) is 0 Å². The van der Waals surface area contributed by atoms with E-state index in [-0.39, 0.29) is 11.9 Å². The Balaban J connectivity index is 1.55. The smallest absolute Gasteiger partial charge is 0.408 e. The quantitative estimate of drug-likeness (QED) is 0.806. The van der Waals surface area contributed by atoms with Gasteiger partial charge in [0, 0.05) is 18.1 Å². The zero-order valence-electron chi connectivity index (χ0n) is 17.9. The van der Waals surface area contributed by atoms with Gasteiger partial charge in [0.1, 0.15) is 17.0 Å². The number of hydrogen-bond donors (Lipinski definition) is 2. The van der Waals surface area contributed by atoms with Crippen LogP contribution >= 0.6 is 0 Å². The second-order valence-electron chi connectivity index (χ2n) is 9.26. The molecule has 0 saturated heterocycles. The first-order valence-corrected chi connectivity index (χ1v) is 10.7. The van der Waals surface area contributed by atoms with Crippen molar-refractivity contribution < 1.29 is 14.3 Å². The van der Waals surface area contributed by atoms with Gasteiger partial charge >= 0.3 is 6.09 Å². The number of ether oxygens (including phenoxy) is 1. The number of carbonyl (C=O) groups excluding carboxylic acids is 2. The molecule has 1 aromatic carbocycles. The van der Waals surface area contributed by atoms with E-state index in [1.54, 1.807) is 6.20 Å². The fourth-order valence-electron chi connectivity index (χ4n) is 4.48. The molecule has 2 aliphatic rings. The highest BCUT2D eigenvalue weighted by Crippen LogP contribution is 2.33. The van der Waals surface area contributed by atoms with Crippen molar-refractivity contribution >= 4 is 12.0 Å². The van der Waals surface area contributed by atoms with Crippen LogP contribution in [-0.4, -0.2) is 32.7 Å². The standard InChI is InChI=1S/C23H30N4O3/c1-22(2,3)30-21(29)26-23(12-6-7-13-23)20(28)25-17-11-10-16-8-4-5-9-18(16)27-15-14-24-19(17)27/h4-5,8-9,14-15,17H,6-7,10-13H2,1-3H3,(H,25,28)(H,26,29). The molecule has 30 heavy (non-hydrogen) atoms. The number of nitrogens with one attached hydrogen (secondary N) is 2. The number of nitrogens with zero attached hydrogens (tertiary/aromatic N) is 2. The Morgan fingerprint density at radius 1 is 1.20 bits per heavy atom. The van der Waals surface area contributed by atoms with Gasteiger partial charge in [-0.1, -0.05) is 31.0 Å². The third-order valence-electron chi connectivity index (χ3n) is 5.87. The second kappa shape index (κ2) is 7.78. The van der Waals surface area contributed by atoms with E-state index in [1.165, 1.54) is 5.56 Å². The molecule has 2 N–H and O–H groups in total. The van der Waals surface area contributed by atoms with Gasteiger partial charge in [0.05, 0.1) is 6.04 Å². The lowest BCUT2D eigenvalue weighted by molar-refractivity contribution is -0.128. The third-order valence-corrected chi connectivity index (χ3v) is 5.87. The normalized spacial score (nSPS) is 19.9. The van der Waals surface area contributed by atoms with Gasteiger partial charge in [0.25, 0.3) is 0 Å². The summed E-state index contributed by atoms with van der Waals surface area (Å²) in [6, 6.07) is 8.02. The lowest BCUT2D eigenvalue weighted by atomic mass is 9.95. The Labute approximate surface area is 177 Å². The summed E-state index contributed by atoms with van der Waals surface area (Å²) in [7, 11) is 0. The van der Waals surface area contributed by atoms with E-state index in [1.807, 2.05) is 39.1 Å². The molecule has 1 saturated carbocycles. The van der Waals surface area contributed by atoms with Crippen LogP contribution in [0.15, 0.2) is 36.7 Å². The number of aryl methyl sites for hydroxylation is 1. The van der Waals surface area contributed by atoms with E-state index in [9.17, 15) is 9.59 Å². The van der Waals surface area contributed by atoms with Crippen molar-refractivity contribution in [2.45, 2.75) is 76.5 Å². The Hall–Kier alpha value is -2.83. The first-order chi connectivity index (χ1) is 14.3. The van der Waals surface area contributed by atoms with Gasteiger partial charge in [-0.15, -0.1) is 0 Å². The van der Waals surface area contributed by atoms with Crippen molar-refractivity contribution in [1.82, 2.24) is 20.2 Å². The predicted octanol–water partition coefficient (Wildman–Crippen LogP) is 3.81. The second-order valence-corrected chi connectivity index (χ2v) is 9.26. The van der Waals surface area contributed by atoms with E-state index in [2.05, 4.69) is 32.3 Å². The van der Waals surface area contributed by atoms with Crippen molar-refractivity contribution in [3.05, 3.63) is 48.0 Å². The molecule has 2 heterocycles. The maximum Gasteiger partial charge on any atom is 0.408 e. The van der Waals surface area contributed by atoms with E-state index < -0.39 is 17.2 Å². The summed E-state index contributed by atoms with van der Waals surface area (Å²) in [4.78, 5) is 30.4. The van der Waals surface area contributed by atoms with Crippen LogP contribution in [0.5, 0.6) is 0 Å². The van der Waals surface area contributed by atoms with Crippen LogP contribution in [0.4, 0.5) is 4.79 Å². The third kappa shape index (κ3) is 4.06. The molecule has 0 spiro atoms. The highest BCUT2D eigenvalue weighted by molar-refractivity contribution is 5.90. The Morgan fingerprint density at radius 2 is 1.93 bits per heavy atom. The summed E-state index contributed by atoms with van der Waals surface area (Å²) in [5.41, 5.74) is 0.789. The summed E-state index contributed by atoms with van der Waals surface area (Å²) >= 11 is 0. The summed E-state index contributed by atoms with van der Waals surface area (Å²) in [6.07, 6.45) is 7.76. The number of hydrogen-bond acceptors (Lipinski definition) is 4. The Morgan fingerprint density at radius 3 is 2.67 bits per heavy atom. The average molecular weight is 411 g/mol. The average Bonchev–Trinajstić information content (AvgIpc) is 3.31. The lowest BCUT2D eigenvalue weighted by Crippen LogP contribution is -2.58. The van der Waals surface area contributed by atoms with Crippen LogP contribution in [0, 0.1) is 0 Å². The topological polar surface area (TPSA) is 85.2 Å². The van der Waals surface area contributed by atoms with E-state index in [0.717, 1.165) is 37.2 Å². The molecular weight excluding hydrogens is 380 g/mol.